The van der Waals surface area contributed by atoms with Gasteiger partial charge in [0.15, 0.2) is 0 Å². The normalized spacial score (nSPS) is 42.2. The van der Waals surface area contributed by atoms with Gasteiger partial charge in [-0.1, -0.05) is 6.42 Å². The van der Waals surface area contributed by atoms with Crippen LogP contribution in [0, 0.1) is 23.7 Å². The van der Waals surface area contributed by atoms with Crippen LogP contribution in [0.4, 0.5) is 0 Å². The molecule has 4 saturated heterocycles. The Morgan fingerprint density at radius 2 is 1.79 bits per heavy atom. The minimum Gasteiger partial charge on any atom is -0.381 e. The van der Waals surface area contributed by atoms with Crippen LogP contribution in [0.25, 0.3) is 0 Å². The molecule has 0 radical (unpaired) electrons. The second-order valence-corrected chi connectivity index (χ2v) is 10.1. The van der Waals surface area contributed by atoms with Crippen LogP contribution in [-0.2, 0) is 14.4 Å². The molecule has 0 bridgehead atoms. The van der Waals surface area contributed by atoms with Gasteiger partial charge in [0.2, 0.25) is 5.91 Å². The molecule has 0 aromatic carbocycles. The molecule has 6 unspecified atom stereocenters. The van der Waals surface area contributed by atoms with E-state index in [9.17, 15) is 4.79 Å². The van der Waals surface area contributed by atoms with E-state index in [0.29, 0.717) is 41.7 Å². The first kappa shape index (κ1) is 20.2. The van der Waals surface area contributed by atoms with Gasteiger partial charge in [0.1, 0.15) is 6.23 Å². The molecule has 29 heavy (non-hydrogen) atoms. The van der Waals surface area contributed by atoms with E-state index in [1.807, 2.05) is 0 Å². The second kappa shape index (κ2) is 8.79. The van der Waals surface area contributed by atoms with Gasteiger partial charge in [-0.15, -0.1) is 0 Å². The van der Waals surface area contributed by atoms with Crippen molar-refractivity contribution in [3.63, 3.8) is 0 Å². The quantitative estimate of drug-likeness (QED) is 0.659. The summed E-state index contributed by atoms with van der Waals surface area (Å²) in [6, 6.07) is 1.06. The summed E-state index contributed by atoms with van der Waals surface area (Å²) in [4.78, 5) is 20.7. The van der Waals surface area contributed by atoms with Crippen LogP contribution in [0.5, 0.6) is 0 Å². The van der Waals surface area contributed by atoms with Crippen LogP contribution < -0.4 is 16.1 Å². The zero-order valence-corrected chi connectivity index (χ0v) is 17.8. The van der Waals surface area contributed by atoms with Crippen LogP contribution >= 0.6 is 0 Å². The molecule has 7 heteroatoms. The topological polar surface area (TPSA) is 74.9 Å². The number of hydrogen-bond donors (Lipinski definition) is 3. The summed E-state index contributed by atoms with van der Waals surface area (Å²) in [5, 5.41) is 7.55. The van der Waals surface area contributed by atoms with E-state index in [0.717, 1.165) is 64.8 Å². The largest absolute Gasteiger partial charge is 0.381 e. The molecule has 5 rings (SSSR count). The molecule has 6 atom stereocenters. The highest BCUT2D eigenvalue weighted by Crippen LogP contribution is 2.34. The zero-order valence-electron chi connectivity index (χ0n) is 17.8. The minimum absolute atomic E-state index is 0.0870. The van der Waals surface area contributed by atoms with Crippen LogP contribution in [0.2, 0.25) is 0 Å². The number of nitrogens with one attached hydrogen (secondary N) is 3. The third kappa shape index (κ3) is 4.35. The van der Waals surface area contributed by atoms with Crippen molar-refractivity contribution in [2.45, 2.75) is 82.8 Å². The number of carbonyl (C=O) groups excluding carboxylic acids is 1. The molecule has 0 spiro atoms. The highest BCUT2D eigenvalue weighted by molar-refractivity contribution is 5.79. The SMILES string of the molecule is CC1CC(C2NC(C3CCN(C(=O)C4CCC4)CC3)NO2)CC(C2CCOC2)N1. The average molecular weight is 407 g/mol. The second-order valence-electron chi connectivity index (χ2n) is 10.1. The van der Waals surface area contributed by atoms with E-state index >= 15 is 0 Å². The fourth-order valence-corrected chi connectivity index (χ4v) is 6.05. The summed E-state index contributed by atoms with van der Waals surface area (Å²) >= 11 is 0. The minimum atomic E-state index is 0.0870. The third-order valence-corrected chi connectivity index (χ3v) is 8.12. The summed E-state index contributed by atoms with van der Waals surface area (Å²) in [6.45, 7) is 5.90. The number of hydroxylamine groups is 1. The number of nitrogens with zero attached hydrogens (tertiary/aromatic N) is 1. The first-order valence-electron chi connectivity index (χ1n) is 12.0. The van der Waals surface area contributed by atoms with E-state index in [1.54, 1.807) is 0 Å². The Labute approximate surface area is 174 Å². The Kier molecular flexibility index (Phi) is 6.12. The van der Waals surface area contributed by atoms with Gasteiger partial charge in [0.25, 0.3) is 0 Å². The Bertz CT molecular complexity index is 572. The van der Waals surface area contributed by atoms with E-state index in [1.165, 1.54) is 12.8 Å². The molecule has 4 aliphatic heterocycles. The Morgan fingerprint density at radius 3 is 2.48 bits per heavy atom. The van der Waals surface area contributed by atoms with Gasteiger partial charge in [-0.2, -0.15) is 5.48 Å². The molecule has 5 aliphatic rings. The predicted molar refractivity (Wildman–Crippen MR) is 110 cm³/mol. The Hall–Kier alpha value is -0.730. The van der Waals surface area contributed by atoms with Crippen molar-refractivity contribution in [2.24, 2.45) is 23.7 Å². The van der Waals surface area contributed by atoms with Crippen LogP contribution in [-0.4, -0.2) is 61.6 Å². The number of piperidine rings is 2. The number of ether oxygens (including phenoxy) is 1. The number of likely N-dealkylation sites (tertiary alicyclic amines) is 1. The first-order valence-corrected chi connectivity index (χ1v) is 12.0. The van der Waals surface area contributed by atoms with Crippen molar-refractivity contribution in [1.82, 2.24) is 21.0 Å². The van der Waals surface area contributed by atoms with Crippen molar-refractivity contribution >= 4 is 5.91 Å². The molecule has 1 saturated carbocycles. The summed E-state index contributed by atoms with van der Waals surface area (Å²) in [6.07, 6.45) is 9.31. The van der Waals surface area contributed by atoms with Gasteiger partial charge in [0, 0.05) is 43.6 Å². The molecule has 3 N–H and O–H groups in total. The number of amides is 1. The lowest BCUT2D eigenvalue weighted by Gasteiger charge is -2.39. The van der Waals surface area contributed by atoms with E-state index in [2.05, 4.69) is 27.9 Å². The lowest BCUT2D eigenvalue weighted by Crippen LogP contribution is -2.53. The van der Waals surface area contributed by atoms with Crippen LogP contribution in [0.1, 0.15) is 58.3 Å². The lowest BCUT2D eigenvalue weighted by molar-refractivity contribution is -0.139. The molecule has 164 valence electrons. The van der Waals surface area contributed by atoms with Crippen molar-refractivity contribution < 1.29 is 14.4 Å². The predicted octanol–water partition coefficient (Wildman–Crippen LogP) is 1.59. The van der Waals surface area contributed by atoms with Crippen molar-refractivity contribution in [3.05, 3.63) is 0 Å². The van der Waals surface area contributed by atoms with Crippen molar-refractivity contribution in [3.8, 4) is 0 Å². The van der Waals surface area contributed by atoms with E-state index < -0.39 is 0 Å². The molecule has 4 heterocycles. The van der Waals surface area contributed by atoms with Gasteiger partial charge >= 0.3 is 0 Å². The van der Waals surface area contributed by atoms with Crippen molar-refractivity contribution in [1.29, 1.82) is 0 Å². The van der Waals surface area contributed by atoms with Crippen LogP contribution in [0.3, 0.4) is 0 Å². The average Bonchev–Trinajstić information content (AvgIpc) is 3.38. The fraction of sp³-hybridized carbons (Fsp3) is 0.955. The molecular formula is C22H38N4O3. The van der Waals surface area contributed by atoms with Gasteiger partial charge in [-0.25, -0.2) is 0 Å². The maximum absolute atomic E-state index is 12.5. The van der Waals surface area contributed by atoms with Gasteiger partial charge < -0.3 is 15.0 Å². The Balaban J connectivity index is 1.11. The number of rotatable bonds is 4. The van der Waals surface area contributed by atoms with Gasteiger partial charge in [-0.05, 0) is 63.7 Å². The summed E-state index contributed by atoms with van der Waals surface area (Å²) in [7, 11) is 0. The van der Waals surface area contributed by atoms with Crippen LogP contribution in [0.15, 0.2) is 0 Å². The van der Waals surface area contributed by atoms with Gasteiger partial charge in [0.05, 0.1) is 12.8 Å². The molecule has 1 aliphatic carbocycles. The van der Waals surface area contributed by atoms with Gasteiger partial charge in [-0.3, -0.25) is 14.9 Å². The zero-order chi connectivity index (χ0) is 19.8. The maximum Gasteiger partial charge on any atom is 0.225 e. The van der Waals surface area contributed by atoms with E-state index in [4.69, 9.17) is 9.57 Å². The molecule has 0 aromatic heterocycles. The highest BCUT2D eigenvalue weighted by atomic mass is 16.7. The fourth-order valence-electron chi connectivity index (χ4n) is 6.05. The molecule has 1 amide bonds. The smallest absolute Gasteiger partial charge is 0.225 e. The molecule has 0 aromatic rings. The third-order valence-electron chi connectivity index (χ3n) is 8.12. The highest BCUT2D eigenvalue weighted by Gasteiger charge is 2.42. The molecule has 5 fully saturated rings. The molecule has 7 nitrogen and oxygen atoms in total. The number of carbonyl (C=O) groups is 1. The standard InChI is InChI=1S/C22H38N4O3/c1-14-11-18(12-19(23-14)17-7-10-28-13-17)21-24-20(25-29-21)15-5-8-26(9-6-15)22(27)16-3-2-4-16/h14-21,23-25H,2-13H2,1H3. The first-order chi connectivity index (χ1) is 14.2. The number of hydrogen-bond acceptors (Lipinski definition) is 6. The monoisotopic (exact) mass is 406 g/mol. The Morgan fingerprint density at radius 1 is 0.966 bits per heavy atom. The molecular weight excluding hydrogens is 368 g/mol. The summed E-state index contributed by atoms with van der Waals surface area (Å²) < 4.78 is 5.63. The van der Waals surface area contributed by atoms with E-state index in [-0.39, 0.29) is 12.4 Å². The lowest BCUT2D eigenvalue weighted by atomic mass is 9.81. The summed E-state index contributed by atoms with van der Waals surface area (Å²) in [5.74, 6) is 2.42. The summed E-state index contributed by atoms with van der Waals surface area (Å²) in [5.41, 5.74) is 3.30. The van der Waals surface area contributed by atoms with Crippen molar-refractivity contribution in [2.75, 3.05) is 26.3 Å². The maximum atomic E-state index is 12.5.